The number of carboxylic acid groups (broad SMARTS) is 1. The SMILES string of the molecule is Cc1ccc(C(=O)O)c(OCC(F)(F)F)c1. The van der Waals surface area contributed by atoms with Crippen LogP contribution in [0.5, 0.6) is 5.75 Å². The Labute approximate surface area is 89.5 Å². The van der Waals surface area contributed by atoms with Crippen molar-refractivity contribution in [2.24, 2.45) is 0 Å². The minimum atomic E-state index is -4.49. The van der Waals surface area contributed by atoms with Crippen molar-refractivity contribution >= 4 is 5.97 Å². The first-order valence-electron chi connectivity index (χ1n) is 4.33. The van der Waals surface area contributed by atoms with Crippen LogP contribution >= 0.6 is 0 Å². The summed E-state index contributed by atoms with van der Waals surface area (Å²) in [5.74, 6) is -1.60. The number of alkyl halides is 3. The molecule has 1 aromatic rings. The quantitative estimate of drug-likeness (QED) is 0.874. The van der Waals surface area contributed by atoms with Crippen LogP contribution in [0.3, 0.4) is 0 Å². The summed E-state index contributed by atoms with van der Waals surface area (Å²) < 4.78 is 40.1. The minimum Gasteiger partial charge on any atom is -0.483 e. The number of rotatable bonds is 3. The number of benzene rings is 1. The Kier molecular flexibility index (Phi) is 3.41. The van der Waals surface area contributed by atoms with Crippen molar-refractivity contribution in [1.82, 2.24) is 0 Å². The Hall–Kier alpha value is -1.72. The lowest BCUT2D eigenvalue weighted by Crippen LogP contribution is -2.20. The molecule has 6 heteroatoms. The molecule has 0 radical (unpaired) electrons. The van der Waals surface area contributed by atoms with Gasteiger partial charge in [-0.25, -0.2) is 4.79 Å². The van der Waals surface area contributed by atoms with E-state index in [9.17, 15) is 18.0 Å². The third-order valence-electron chi connectivity index (χ3n) is 1.76. The summed E-state index contributed by atoms with van der Waals surface area (Å²) in [4.78, 5) is 10.7. The van der Waals surface area contributed by atoms with E-state index >= 15 is 0 Å². The van der Waals surface area contributed by atoms with Crippen LogP contribution in [0.2, 0.25) is 0 Å². The van der Waals surface area contributed by atoms with Crippen molar-refractivity contribution in [3.63, 3.8) is 0 Å². The lowest BCUT2D eigenvalue weighted by molar-refractivity contribution is -0.153. The first kappa shape index (κ1) is 12.4. The average Bonchev–Trinajstić information content (AvgIpc) is 2.13. The van der Waals surface area contributed by atoms with Crippen molar-refractivity contribution in [3.05, 3.63) is 29.3 Å². The number of halogens is 3. The molecule has 16 heavy (non-hydrogen) atoms. The largest absolute Gasteiger partial charge is 0.483 e. The summed E-state index contributed by atoms with van der Waals surface area (Å²) in [7, 11) is 0. The Bertz CT molecular complexity index is 399. The molecule has 1 aromatic carbocycles. The molecule has 0 aliphatic rings. The molecule has 3 nitrogen and oxygen atoms in total. The molecule has 0 aromatic heterocycles. The highest BCUT2D eigenvalue weighted by molar-refractivity contribution is 5.90. The first-order chi connectivity index (χ1) is 7.29. The minimum absolute atomic E-state index is 0.273. The molecule has 0 atom stereocenters. The summed E-state index contributed by atoms with van der Waals surface area (Å²) in [6.07, 6.45) is -4.49. The molecule has 1 rings (SSSR count). The van der Waals surface area contributed by atoms with Crippen molar-refractivity contribution in [1.29, 1.82) is 0 Å². The monoisotopic (exact) mass is 234 g/mol. The van der Waals surface area contributed by atoms with Gasteiger partial charge in [-0.2, -0.15) is 13.2 Å². The summed E-state index contributed by atoms with van der Waals surface area (Å²) >= 11 is 0. The molecule has 0 aliphatic carbocycles. The van der Waals surface area contributed by atoms with Crippen LogP contribution in [-0.2, 0) is 0 Å². The highest BCUT2D eigenvalue weighted by atomic mass is 19.4. The Balaban J connectivity index is 2.93. The van der Waals surface area contributed by atoms with E-state index in [1.165, 1.54) is 18.2 Å². The summed E-state index contributed by atoms with van der Waals surface area (Å²) in [5, 5.41) is 8.72. The first-order valence-corrected chi connectivity index (χ1v) is 4.33. The van der Waals surface area contributed by atoms with Gasteiger partial charge in [-0.1, -0.05) is 6.07 Å². The van der Waals surface area contributed by atoms with Crippen molar-refractivity contribution in [2.45, 2.75) is 13.1 Å². The van der Waals surface area contributed by atoms with E-state index in [0.717, 1.165) is 0 Å². The van der Waals surface area contributed by atoms with Gasteiger partial charge in [-0.05, 0) is 24.6 Å². The lowest BCUT2D eigenvalue weighted by atomic mass is 10.1. The van der Waals surface area contributed by atoms with E-state index in [0.29, 0.717) is 5.56 Å². The van der Waals surface area contributed by atoms with Crippen molar-refractivity contribution in [2.75, 3.05) is 6.61 Å². The fourth-order valence-corrected chi connectivity index (χ4v) is 1.09. The number of hydrogen-bond donors (Lipinski definition) is 1. The summed E-state index contributed by atoms with van der Waals surface area (Å²) in [5.41, 5.74) is 0.344. The molecule has 0 amide bonds. The molecular formula is C10H9F3O3. The van der Waals surface area contributed by atoms with E-state index in [1.807, 2.05) is 0 Å². The zero-order chi connectivity index (χ0) is 12.3. The fraction of sp³-hybridized carbons (Fsp3) is 0.300. The second-order valence-corrected chi connectivity index (χ2v) is 3.21. The molecule has 0 fully saturated rings. The molecule has 0 saturated carbocycles. The summed E-state index contributed by atoms with van der Waals surface area (Å²) in [6, 6.07) is 3.96. The van der Waals surface area contributed by atoms with Gasteiger partial charge in [0.25, 0.3) is 0 Å². The second-order valence-electron chi connectivity index (χ2n) is 3.21. The highest BCUT2D eigenvalue weighted by Gasteiger charge is 2.29. The molecule has 0 saturated heterocycles. The third-order valence-corrected chi connectivity index (χ3v) is 1.76. The maximum atomic E-state index is 11.9. The molecule has 0 bridgehead atoms. The van der Waals surface area contributed by atoms with E-state index < -0.39 is 18.8 Å². The van der Waals surface area contributed by atoms with Gasteiger partial charge in [0.1, 0.15) is 11.3 Å². The fourth-order valence-electron chi connectivity index (χ4n) is 1.09. The van der Waals surface area contributed by atoms with Gasteiger partial charge >= 0.3 is 12.1 Å². The zero-order valence-corrected chi connectivity index (χ0v) is 8.34. The van der Waals surface area contributed by atoms with Crippen molar-refractivity contribution < 1.29 is 27.8 Å². The van der Waals surface area contributed by atoms with E-state index in [4.69, 9.17) is 5.11 Å². The number of aryl methyl sites for hydroxylation is 1. The van der Waals surface area contributed by atoms with Crippen LogP contribution in [0.15, 0.2) is 18.2 Å². The van der Waals surface area contributed by atoms with Crippen LogP contribution in [0.1, 0.15) is 15.9 Å². The summed E-state index contributed by atoms with van der Waals surface area (Å²) in [6.45, 7) is 0.128. The van der Waals surface area contributed by atoms with Crippen LogP contribution in [0, 0.1) is 6.92 Å². The Morgan fingerprint density at radius 3 is 2.56 bits per heavy atom. The zero-order valence-electron chi connectivity index (χ0n) is 8.34. The van der Waals surface area contributed by atoms with Gasteiger partial charge in [0.15, 0.2) is 6.61 Å². The predicted molar refractivity (Wildman–Crippen MR) is 49.7 cm³/mol. The second kappa shape index (κ2) is 4.42. The van der Waals surface area contributed by atoms with Crippen LogP contribution in [0.4, 0.5) is 13.2 Å². The lowest BCUT2D eigenvalue weighted by Gasteiger charge is -2.11. The standard InChI is InChI=1S/C10H9F3O3/c1-6-2-3-7(9(14)15)8(4-6)16-5-10(11,12)13/h2-4H,5H2,1H3,(H,14,15). The van der Waals surface area contributed by atoms with E-state index in [1.54, 1.807) is 6.92 Å². The number of carbonyl (C=O) groups is 1. The van der Waals surface area contributed by atoms with Gasteiger partial charge in [-0.15, -0.1) is 0 Å². The Morgan fingerprint density at radius 2 is 2.06 bits per heavy atom. The van der Waals surface area contributed by atoms with Gasteiger partial charge in [0.2, 0.25) is 0 Å². The van der Waals surface area contributed by atoms with Gasteiger partial charge in [-0.3, -0.25) is 0 Å². The van der Waals surface area contributed by atoms with Crippen LogP contribution in [0.25, 0.3) is 0 Å². The smallest absolute Gasteiger partial charge is 0.422 e. The number of carboxylic acids is 1. The molecule has 0 spiro atoms. The van der Waals surface area contributed by atoms with E-state index in [2.05, 4.69) is 4.74 Å². The molecule has 0 aliphatic heterocycles. The molecule has 88 valence electrons. The molecule has 1 N–H and O–H groups in total. The average molecular weight is 234 g/mol. The highest BCUT2D eigenvalue weighted by Crippen LogP contribution is 2.23. The number of hydrogen-bond acceptors (Lipinski definition) is 2. The normalized spacial score (nSPS) is 11.2. The van der Waals surface area contributed by atoms with Crippen molar-refractivity contribution in [3.8, 4) is 5.75 Å². The predicted octanol–water partition coefficient (Wildman–Crippen LogP) is 2.63. The number of ether oxygens (including phenoxy) is 1. The third kappa shape index (κ3) is 3.45. The molecule has 0 heterocycles. The van der Waals surface area contributed by atoms with Gasteiger partial charge < -0.3 is 9.84 Å². The van der Waals surface area contributed by atoms with Gasteiger partial charge in [0, 0.05) is 0 Å². The molecule has 0 unspecified atom stereocenters. The maximum absolute atomic E-state index is 11.9. The molecular weight excluding hydrogens is 225 g/mol. The van der Waals surface area contributed by atoms with Crippen LogP contribution < -0.4 is 4.74 Å². The van der Waals surface area contributed by atoms with Crippen LogP contribution in [-0.4, -0.2) is 23.9 Å². The van der Waals surface area contributed by atoms with Gasteiger partial charge in [0.05, 0.1) is 0 Å². The van der Waals surface area contributed by atoms with E-state index in [-0.39, 0.29) is 11.3 Å². The maximum Gasteiger partial charge on any atom is 0.422 e. The Morgan fingerprint density at radius 1 is 1.44 bits per heavy atom. The number of aromatic carboxylic acids is 1. The topological polar surface area (TPSA) is 46.5 Å².